The highest BCUT2D eigenvalue weighted by molar-refractivity contribution is 5.76. The number of carbonyl (C=O) groups is 1. The highest BCUT2D eigenvalue weighted by Crippen LogP contribution is 2.31. The minimum atomic E-state index is -0.813. The number of hydrogen-bond acceptors (Lipinski definition) is 2. The number of rotatable bonds is 7. The summed E-state index contributed by atoms with van der Waals surface area (Å²) in [6.45, 7) is 4.28. The van der Waals surface area contributed by atoms with E-state index in [9.17, 15) is 9.90 Å². The van der Waals surface area contributed by atoms with Crippen molar-refractivity contribution in [3.05, 3.63) is 95.6 Å². The Morgan fingerprint density at radius 3 is 2.15 bits per heavy atom. The number of hydrogen-bond donors (Lipinski definition) is 1. The van der Waals surface area contributed by atoms with Gasteiger partial charge in [0.05, 0.1) is 5.92 Å². The fourth-order valence-electron chi connectivity index (χ4n) is 3.14. The molecule has 0 spiro atoms. The summed E-state index contributed by atoms with van der Waals surface area (Å²) in [7, 11) is 0. The minimum absolute atomic E-state index is 0.377. The van der Waals surface area contributed by atoms with Gasteiger partial charge in [-0.3, -0.25) is 4.79 Å². The molecule has 0 aromatic heterocycles. The average molecular weight is 360 g/mol. The van der Waals surface area contributed by atoms with Crippen molar-refractivity contribution in [1.29, 1.82) is 0 Å². The smallest absolute Gasteiger partial charge is 0.311 e. The second-order valence-corrected chi connectivity index (χ2v) is 6.94. The summed E-state index contributed by atoms with van der Waals surface area (Å²) in [5, 5.41) is 9.60. The van der Waals surface area contributed by atoms with E-state index < -0.39 is 11.9 Å². The second kappa shape index (κ2) is 8.54. The first-order chi connectivity index (χ1) is 13.0. The van der Waals surface area contributed by atoms with E-state index in [1.807, 2.05) is 72.8 Å². The predicted molar refractivity (Wildman–Crippen MR) is 108 cm³/mol. The Bertz CT molecular complexity index is 883. The molecule has 3 aromatic rings. The molecular weight excluding hydrogens is 336 g/mol. The van der Waals surface area contributed by atoms with Crippen LogP contribution in [0.4, 0.5) is 0 Å². The van der Waals surface area contributed by atoms with E-state index in [0.29, 0.717) is 12.3 Å². The molecule has 0 fully saturated rings. The molecule has 3 aromatic carbocycles. The van der Waals surface area contributed by atoms with Crippen LogP contribution in [0.15, 0.2) is 78.9 Å². The summed E-state index contributed by atoms with van der Waals surface area (Å²) in [6.07, 6.45) is 0.447. The van der Waals surface area contributed by atoms with Gasteiger partial charge in [-0.25, -0.2) is 0 Å². The number of aliphatic carboxylic acids is 1. The topological polar surface area (TPSA) is 46.5 Å². The highest BCUT2D eigenvalue weighted by atomic mass is 16.5. The fraction of sp³-hybridized carbons (Fsp3) is 0.208. The number of benzene rings is 3. The number of carboxylic acids is 1. The first-order valence-corrected chi connectivity index (χ1v) is 9.18. The van der Waals surface area contributed by atoms with Gasteiger partial charge >= 0.3 is 5.97 Å². The van der Waals surface area contributed by atoms with E-state index >= 15 is 0 Å². The lowest BCUT2D eigenvalue weighted by Gasteiger charge is -2.15. The molecule has 0 bridgehead atoms. The Kier molecular flexibility index (Phi) is 5.92. The first-order valence-electron chi connectivity index (χ1n) is 9.18. The number of para-hydroxylation sites is 1. The molecule has 0 aliphatic rings. The van der Waals surface area contributed by atoms with Gasteiger partial charge in [-0.15, -0.1) is 0 Å². The van der Waals surface area contributed by atoms with E-state index in [4.69, 9.17) is 4.74 Å². The molecule has 3 heteroatoms. The van der Waals surface area contributed by atoms with Crippen molar-refractivity contribution in [2.75, 3.05) is 0 Å². The monoisotopic (exact) mass is 360 g/mol. The molecule has 0 heterocycles. The lowest BCUT2D eigenvalue weighted by Crippen LogP contribution is -2.14. The maximum Gasteiger partial charge on any atom is 0.311 e. The quantitative estimate of drug-likeness (QED) is 0.561. The molecule has 1 atom stereocenters. The van der Waals surface area contributed by atoms with Gasteiger partial charge in [-0.2, -0.15) is 0 Å². The summed E-state index contributed by atoms with van der Waals surface area (Å²) in [5.41, 5.74) is 2.95. The third-order valence-corrected chi connectivity index (χ3v) is 4.63. The summed E-state index contributed by atoms with van der Waals surface area (Å²) in [4.78, 5) is 11.7. The van der Waals surface area contributed by atoms with Gasteiger partial charge in [-0.1, -0.05) is 74.5 Å². The van der Waals surface area contributed by atoms with Crippen LogP contribution in [0.25, 0.3) is 0 Å². The van der Waals surface area contributed by atoms with Gasteiger partial charge in [0.2, 0.25) is 0 Å². The van der Waals surface area contributed by atoms with E-state index in [-0.39, 0.29) is 0 Å². The van der Waals surface area contributed by atoms with E-state index in [1.165, 1.54) is 0 Å². The normalized spacial score (nSPS) is 12.0. The van der Waals surface area contributed by atoms with Crippen LogP contribution < -0.4 is 4.74 Å². The van der Waals surface area contributed by atoms with Gasteiger partial charge in [-0.05, 0) is 47.2 Å². The van der Waals surface area contributed by atoms with Crippen LogP contribution in [0.3, 0.4) is 0 Å². The molecule has 3 rings (SSSR count). The maximum absolute atomic E-state index is 11.7. The van der Waals surface area contributed by atoms with Crippen molar-refractivity contribution in [3.8, 4) is 11.5 Å². The molecule has 0 radical (unpaired) electrons. The van der Waals surface area contributed by atoms with Crippen LogP contribution >= 0.6 is 0 Å². The third-order valence-electron chi connectivity index (χ3n) is 4.63. The number of ether oxygens (including phenoxy) is 1. The zero-order valence-electron chi connectivity index (χ0n) is 15.6. The average Bonchev–Trinajstić information content (AvgIpc) is 2.68. The Morgan fingerprint density at radius 1 is 0.889 bits per heavy atom. The molecular formula is C24H24O3. The Balaban J connectivity index is 1.75. The molecule has 138 valence electrons. The molecule has 0 amide bonds. The van der Waals surface area contributed by atoms with Crippen molar-refractivity contribution in [2.24, 2.45) is 0 Å². The molecule has 27 heavy (non-hydrogen) atoms. The van der Waals surface area contributed by atoms with Crippen molar-refractivity contribution >= 4 is 5.97 Å². The molecule has 0 aliphatic heterocycles. The van der Waals surface area contributed by atoms with Gasteiger partial charge in [0, 0.05) is 0 Å². The van der Waals surface area contributed by atoms with E-state index in [1.54, 1.807) is 0 Å². The van der Waals surface area contributed by atoms with Crippen molar-refractivity contribution in [1.82, 2.24) is 0 Å². The molecule has 3 nitrogen and oxygen atoms in total. The van der Waals surface area contributed by atoms with Crippen LogP contribution in [-0.2, 0) is 11.2 Å². The van der Waals surface area contributed by atoms with E-state index in [0.717, 1.165) is 28.2 Å². The first kappa shape index (κ1) is 18.7. The van der Waals surface area contributed by atoms with Crippen LogP contribution in [0.2, 0.25) is 0 Å². The van der Waals surface area contributed by atoms with Crippen LogP contribution in [0, 0.1) is 0 Å². The fourth-order valence-corrected chi connectivity index (χ4v) is 3.14. The standard InChI is InChI=1S/C24H24O3/c1-17(2)21-10-6-7-11-23(21)27-20-14-12-18(13-15-20)16-22(24(25)26)19-8-4-3-5-9-19/h3-15,17,22H,16H2,1-2H3,(H,25,26). The summed E-state index contributed by atoms with van der Waals surface area (Å²) >= 11 is 0. The molecule has 0 saturated carbocycles. The number of carboxylic acid groups (broad SMARTS) is 1. The van der Waals surface area contributed by atoms with Gasteiger partial charge in [0.25, 0.3) is 0 Å². The van der Waals surface area contributed by atoms with Crippen LogP contribution in [0.1, 0.15) is 42.4 Å². The molecule has 1 N–H and O–H groups in total. The predicted octanol–water partition coefficient (Wildman–Crippen LogP) is 6.01. The van der Waals surface area contributed by atoms with Crippen LogP contribution in [-0.4, -0.2) is 11.1 Å². The maximum atomic E-state index is 11.7. The minimum Gasteiger partial charge on any atom is -0.481 e. The summed E-state index contributed by atoms with van der Waals surface area (Å²) in [5.74, 6) is 0.612. The Hall–Kier alpha value is -3.07. The van der Waals surface area contributed by atoms with Gasteiger partial charge < -0.3 is 9.84 Å². The van der Waals surface area contributed by atoms with Crippen molar-refractivity contribution in [3.63, 3.8) is 0 Å². The second-order valence-electron chi connectivity index (χ2n) is 6.94. The van der Waals surface area contributed by atoms with E-state index in [2.05, 4.69) is 19.9 Å². The summed E-state index contributed by atoms with van der Waals surface area (Å²) in [6, 6.07) is 25.0. The van der Waals surface area contributed by atoms with Crippen molar-refractivity contribution in [2.45, 2.75) is 32.1 Å². The lowest BCUT2D eigenvalue weighted by atomic mass is 9.92. The largest absolute Gasteiger partial charge is 0.481 e. The van der Waals surface area contributed by atoms with Gasteiger partial charge in [0.15, 0.2) is 0 Å². The highest BCUT2D eigenvalue weighted by Gasteiger charge is 2.20. The van der Waals surface area contributed by atoms with Crippen LogP contribution in [0.5, 0.6) is 11.5 Å². The summed E-state index contributed by atoms with van der Waals surface area (Å²) < 4.78 is 6.05. The molecule has 0 saturated heterocycles. The molecule has 1 unspecified atom stereocenters. The zero-order chi connectivity index (χ0) is 19.2. The SMILES string of the molecule is CC(C)c1ccccc1Oc1ccc(CC(C(=O)O)c2ccccc2)cc1. The lowest BCUT2D eigenvalue weighted by molar-refractivity contribution is -0.138. The Labute approximate surface area is 160 Å². The molecule has 0 aliphatic carbocycles. The zero-order valence-corrected chi connectivity index (χ0v) is 15.6. The Morgan fingerprint density at radius 2 is 1.52 bits per heavy atom. The van der Waals surface area contributed by atoms with Crippen molar-refractivity contribution < 1.29 is 14.6 Å². The van der Waals surface area contributed by atoms with Gasteiger partial charge in [0.1, 0.15) is 11.5 Å². The third kappa shape index (κ3) is 4.76.